The van der Waals surface area contributed by atoms with Crippen molar-refractivity contribution in [1.82, 2.24) is 4.90 Å². The number of carbonyl (C=O) groups is 1. The lowest BCUT2D eigenvalue weighted by molar-refractivity contribution is -0.376. The van der Waals surface area contributed by atoms with E-state index in [0.29, 0.717) is 17.4 Å². The number of carbonyl (C=O) groups excluding carboxylic acids is 1. The van der Waals surface area contributed by atoms with Gasteiger partial charge in [-0.1, -0.05) is 72.3 Å². The molecule has 0 bridgehead atoms. The zero-order valence-corrected chi connectivity index (χ0v) is 20.5. The molecule has 0 radical (unpaired) electrons. The maximum absolute atomic E-state index is 13.5. The van der Waals surface area contributed by atoms with Crippen LogP contribution in [0.3, 0.4) is 0 Å². The fraction of sp³-hybridized carbons (Fsp3) is 0.615. The van der Waals surface area contributed by atoms with Crippen molar-refractivity contribution in [3.8, 4) is 0 Å². The third-order valence-electron chi connectivity index (χ3n) is 6.82. The highest BCUT2D eigenvalue weighted by Gasteiger charge is 2.46. The predicted molar refractivity (Wildman–Crippen MR) is 131 cm³/mol. The van der Waals surface area contributed by atoms with E-state index >= 15 is 0 Å². The number of nitrogens with zero attached hydrogens (tertiary/aromatic N) is 2. The minimum atomic E-state index is 0.00538. The van der Waals surface area contributed by atoms with Gasteiger partial charge in [0.2, 0.25) is 5.71 Å². The first kappa shape index (κ1) is 23.8. The molecular formula is C26H38N2O2S. The Hall–Kier alpha value is -1.88. The van der Waals surface area contributed by atoms with Crippen molar-refractivity contribution in [3.63, 3.8) is 0 Å². The van der Waals surface area contributed by atoms with E-state index in [1.807, 2.05) is 11.0 Å². The molecule has 5 heteroatoms. The van der Waals surface area contributed by atoms with Crippen LogP contribution in [0.25, 0.3) is 5.70 Å². The summed E-state index contributed by atoms with van der Waals surface area (Å²) in [5, 5.41) is 15.0. The summed E-state index contributed by atoms with van der Waals surface area (Å²) in [5.41, 5.74) is 3.27. The second kappa shape index (κ2) is 11.1. The second-order valence-corrected chi connectivity index (χ2v) is 9.92. The largest absolute Gasteiger partial charge is 0.618 e. The molecule has 1 aromatic rings. The lowest BCUT2D eigenvalue weighted by atomic mass is 9.89. The molecule has 0 saturated heterocycles. The fourth-order valence-electron chi connectivity index (χ4n) is 4.76. The molecule has 0 aromatic carbocycles. The molecule has 3 rings (SSSR count). The van der Waals surface area contributed by atoms with E-state index in [2.05, 4.69) is 39.1 Å². The molecule has 0 fully saturated rings. The molecule has 0 spiro atoms. The number of hydroxylamine groups is 1. The van der Waals surface area contributed by atoms with Gasteiger partial charge in [0.15, 0.2) is 6.20 Å². The molecule has 2 aliphatic rings. The number of hydrogen-bond acceptors (Lipinski definition) is 3. The first-order chi connectivity index (χ1) is 15.0. The van der Waals surface area contributed by atoms with Crippen LogP contribution in [0.2, 0.25) is 0 Å². The lowest BCUT2D eigenvalue weighted by Gasteiger charge is -2.25. The van der Waals surface area contributed by atoms with Gasteiger partial charge < -0.3 is 10.1 Å². The van der Waals surface area contributed by atoms with Crippen molar-refractivity contribution < 1.29 is 9.53 Å². The third kappa shape index (κ3) is 5.14. The van der Waals surface area contributed by atoms with Crippen LogP contribution in [0, 0.1) is 17.0 Å². The molecular weight excluding hydrogens is 404 g/mol. The van der Waals surface area contributed by atoms with Crippen LogP contribution in [0.15, 0.2) is 34.9 Å². The Balaban J connectivity index is 1.97. The molecule has 2 unspecified atom stereocenters. The van der Waals surface area contributed by atoms with Gasteiger partial charge >= 0.3 is 0 Å². The Morgan fingerprint density at radius 2 is 1.74 bits per heavy atom. The van der Waals surface area contributed by atoms with Crippen molar-refractivity contribution in [2.75, 3.05) is 6.54 Å². The molecule has 2 atom stereocenters. The topological polar surface area (TPSA) is 46.4 Å². The van der Waals surface area contributed by atoms with E-state index in [-0.39, 0.29) is 5.91 Å². The van der Waals surface area contributed by atoms with Crippen LogP contribution in [-0.2, 0) is 4.79 Å². The summed E-state index contributed by atoms with van der Waals surface area (Å²) in [7, 11) is 0. The number of thiophene rings is 1. The van der Waals surface area contributed by atoms with Gasteiger partial charge in [-0.3, -0.25) is 4.79 Å². The summed E-state index contributed by atoms with van der Waals surface area (Å²) in [6.07, 6.45) is 11.4. The molecule has 31 heavy (non-hydrogen) atoms. The maximum atomic E-state index is 13.5. The molecule has 170 valence electrons. The number of unbranched alkanes of at least 4 members (excludes halogenated alkanes) is 2. The van der Waals surface area contributed by atoms with Gasteiger partial charge in [0.05, 0.1) is 16.1 Å². The smallest absolute Gasteiger partial charge is 0.265 e. The Morgan fingerprint density at radius 3 is 2.32 bits per heavy atom. The fourth-order valence-corrected chi connectivity index (χ4v) is 5.55. The van der Waals surface area contributed by atoms with Gasteiger partial charge in [-0.05, 0) is 36.1 Å². The average Bonchev–Trinajstić information content (AvgIpc) is 3.47. The van der Waals surface area contributed by atoms with Crippen molar-refractivity contribution in [3.05, 3.63) is 44.9 Å². The summed E-state index contributed by atoms with van der Waals surface area (Å²) < 4.78 is 0.983. The van der Waals surface area contributed by atoms with Gasteiger partial charge in [-0.25, -0.2) is 0 Å². The van der Waals surface area contributed by atoms with Gasteiger partial charge in [-0.2, -0.15) is 4.74 Å². The zero-order chi connectivity index (χ0) is 22.4. The van der Waals surface area contributed by atoms with E-state index in [1.54, 1.807) is 17.5 Å². The summed E-state index contributed by atoms with van der Waals surface area (Å²) in [5.74, 6) is 0.970. The minimum absolute atomic E-state index is 0.00538. The molecule has 2 aliphatic heterocycles. The van der Waals surface area contributed by atoms with Crippen LogP contribution < -0.4 is 0 Å². The van der Waals surface area contributed by atoms with Crippen LogP contribution in [0.5, 0.6) is 0 Å². The van der Waals surface area contributed by atoms with Crippen LogP contribution >= 0.6 is 11.3 Å². The number of fused-ring (bicyclic) bond motifs is 1. The SMILES string of the molecule is CCCCC(CC)CC1=[N+]([O-])C=C2C(=O)N(CC(CC)CCCC)C(c3cccs3)=C21. The van der Waals surface area contributed by atoms with E-state index < -0.39 is 0 Å². The first-order valence-electron chi connectivity index (χ1n) is 12.2. The highest BCUT2D eigenvalue weighted by Crippen LogP contribution is 2.42. The molecule has 0 saturated carbocycles. The number of amides is 1. The van der Waals surface area contributed by atoms with Gasteiger partial charge in [-0.15, -0.1) is 11.3 Å². The Bertz CT molecular complexity index is 851. The summed E-state index contributed by atoms with van der Waals surface area (Å²) >= 11 is 1.66. The maximum Gasteiger partial charge on any atom is 0.265 e. The van der Waals surface area contributed by atoms with Crippen molar-refractivity contribution in [1.29, 1.82) is 0 Å². The molecule has 1 amide bonds. The average molecular weight is 443 g/mol. The van der Waals surface area contributed by atoms with Gasteiger partial charge in [0.25, 0.3) is 5.91 Å². The standard InChI is InChI=1S/C26H38N2O2S/c1-5-9-12-19(7-3)16-22-24-21(18-28(22)30)26(29)27(17-20(8-4)13-10-6-2)25(24)23-14-11-15-31-23/h11,14-15,18-20H,5-10,12-13,16-17H2,1-4H3. The summed E-state index contributed by atoms with van der Waals surface area (Å²) in [6.45, 7) is 9.59. The Kier molecular flexibility index (Phi) is 8.53. The van der Waals surface area contributed by atoms with Crippen LogP contribution in [-0.4, -0.2) is 27.8 Å². The van der Waals surface area contributed by atoms with Gasteiger partial charge in [0, 0.05) is 13.0 Å². The van der Waals surface area contributed by atoms with E-state index in [1.165, 1.54) is 25.7 Å². The van der Waals surface area contributed by atoms with E-state index in [9.17, 15) is 10.0 Å². The predicted octanol–water partition coefficient (Wildman–Crippen LogP) is 6.97. The first-order valence-corrected chi connectivity index (χ1v) is 13.1. The molecule has 3 heterocycles. The quantitative estimate of drug-likeness (QED) is 0.244. The number of rotatable bonds is 13. The monoisotopic (exact) mass is 442 g/mol. The van der Waals surface area contributed by atoms with E-state index in [0.717, 1.165) is 65.2 Å². The number of hydrogen-bond donors (Lipinski definition) is 0. The van der Waals surface area contributed by atoms with Crippen LogP contribution in [0.1, 0.15) is 90.4 Å². The van der Waals surface area contributed by atoms with E-state index in [4.69, 9.17) is 0 Å². The second-order valence-electron chi connectivity index (χ2n) is 8.97. The highest BCUT2D eigenvalue weighted by atomic mass is 32.1. The zero-order valence-electron chi connectivity index (χ0n) is 19.7. The van der Waals surface area contributed by atoms with Crippen molar-refractivity contribution in [2.45, 2.75) is 85.5 Å². The molecule has 0 aliphatic carbocycles. The summed E-state index contributed by atoms with van der Waals surface area (Å²) in [6, 6.07) is 4.12. The molecule has 0 N–H and O–H groups in total. The lowest BCUT2D eigenvalue weighted by Crippen LogP contribution is -2.31. The Morgan fingerprint density at radius 1 is 1.06 bits per heavy atom. The molecule has 4 nitrogen and oxygen atoms in total. The highest BCUT2D eigenvalue weighted by molar-refractivity contribution is 7.11. The minimum Gasteiger partial charge on any atom is -0.618 e. The Labute approximate surface area is 191 Å². The molecule has 1 aromatic heterocycles. The normalized spacial score (nSPS) is 18.1. The van der Waals surface area contributed by atoms with Crippen molar-refractivity contribution in [2.24, 2.45) is 11.8 Å². The van der Waals surface area contributed by atoms with Crippen molar-refractivity contribution >= 4 is 28.7 Å². The summed E-state index contributed by atoms with van der Waals surface area (Å²) in [4.78, 5) is 16.6. The van der Waals surface area contributed by atoms with Gasteiger partial charge in [0.1, 0.15) is 5.57 Å². The van der Waals surface area contributed by atoms with Crippen LogP contribution in [0.4, 0.5) is 0 Å². The third-order valence-corrected chi connectivity index (χ3v) is 7.69.